The van der Waals surface area contributed by atoms with Crippen LogP contribution in [0.15, 0.2) is 6.20 Å². The SMILES string of the molecule is FC(F)OCc1nc[c]c(C(F)F)n1. The van der Waals surface area contributed by atoms with E-state index in [1.807, 2.05) is 0 Å². The molecule has 0 N–H and O–H groups in total. The zero-order chi connectivity index (χ0) is 10.6. The van der Waals surface area contributed by atoms with Crippen molar-refractivity contribution >= 4 is 0 Å². The first kappa shape index (κ1) is 10.8. The monoisotopic (exact) mass is 209 g/mol. The van der Waals surface area contributed by atoms with Gasteiger partial charge in [0.25, 0.3) is 6.43 Å². The molecule has 0 atom stereocenters. The first-order valence-corrected chi connectivity index (χ1v) is 3.51. The van der Waals surface area contributed by atoms with Crippen LogP contribution in [-0.2, 0) is 11.3 Å². The van der Waals surface area contributed by atoms with Gasteiger partial charge in [-0.1, -0.05) is 0 Å². The number of rotatable bonds is 4. The lowest BCUT2D eigenvalue weighted by molar-refractivity contribution is -0.138. The summed E-state index contributed by atoms with van der Waals surface area (Å²) in [5.41, 5.74) is -0.632. The summed E-state index contributed by atoms with van der Waals surface area (Å²) in [7, 11) is 0. The van der Waals surface area contributed by atoms with Crippen LogP contribution < -0.4 is 0 Å². The largest absolute Gasteiger partial charge is 0.345 e. The van der Waals surface area contributed by atoms with Gasteiger partial charge in [-0.25, -0.2) is 18.7 Å². The normalized spacial score (nSPS) is 11.3. The lowest BCUT2D eigenvalue weighted by Gasteiger charge is -2.02. The van der Waals surface area contributed by atoms with E-state index >= 15 is 0 Å². The van der Waals surface area contributed by atoms with Crippen molar-refractivity contribution in [3.8, 4) is 0 Å². The van der Waals surface area contributed by atoms with Crippen LogP contribution in [0.1, 0.15) is 17.9 Å². The maximum Gasteiger partial charge on any atom is 0.345 e. The van der Waals surface area contributed by atoms with Crippen molar-refractivity contribution in [1.29, 1.82) is 0 Å². The molecule has 1 radical (unpaired) electrons. The molecule has 77 valence electrons. The van der Waals surface area contributed by atoms with Crippen LogP contribution in [0.25, 0.3) is 0 Å². The second kappa shape index (κ2) is 4.85. The molecular formula is C7H5F4N2O. The van der Waals surface area contributed by atoms with E-state index in [2.05, 4.69) is 20.8 Å². The van der Waals surface area contributed by atoms with Gasteiger partial charge < -0.3 is 4.74 Å². The number of halogens is 4. The van der Waals surface area contributed by atoms with Crippen molar-refractivity contribution < 1.29 is 22.3 Å². The third-order valence-electron chi connectivity index (χ3n) is 1.22. The molecule has 1 aromatic heterocycles. The molecule has 0 bridgehead atoms. The predicted molar refractivity (Wildman–Crippen MR) is 36.6 cm³/mol. The Morgan fingerprint density at radius 3 is 2.64 bits per heavy atom. The summed E-state index contributed by atoms with van der Waals surface area (Å²) >= 11 is 0. The van der Waals surface area contributed by atoms with Crippen LogP contribution in [0.3, 0.4) is 0 Å². The second-order valence-corrected chi connectivity index (χ2v) is 2.19. The highest BCUT2D eigenvalue weighted by Crippen LogP contribution is 2.14. The standard InChI is InChI=1S/C7H5F4N2O/c8-6(9)4-1-2-12-5(13-4)3-14-7(10)11/h2,6-7H,3H2. The lowest BCUT2D eigenvalue weighted by atomic mass is 10.4. The minimum absolute atomic E-state index is 0.223. The zero-order valence-corrected chi connectivity index (χ0v) is 6.75. The van der Waals surface area contributed by atoms with E-state index < -0.39 is 25.3 Å². The summed E-state index contributed by atoms with van der Waals surface area (Å²) in [6, 6.07) is 2.08. The minimum Gasteiger partial charge on any atom is -0.315 e. The van der Waals surface area contributed by atoms with Crippen LogP contribution in [-0.4, -0.2) is 16.6 Å². The first-order valence-electron chi connectivity index (χ1n) is 3.51. The third kappa shape index (κ3) is 3.25. The quantitative estimate of drug-likeness (QED) is 0.711. The molecule has 0 spiro atoms. The third-order valence-corrected chi connectivity index (χ3v) is 1.22. The van der Waals surface area contributed by atoms with Gasteiger partial charge in [-0.05, 0) is 0 Å². The Hall–Kier alpha value is -1.24. The summed E-state index contributed by atoms with van der Waals surface area (Å²) in [5.74, 6) is -0.223. The average molecular weight is 209 g/mol. The van der Waals surface area contributed by atoms with Gasteiger partial charge in [0.2, 0.25) is 0 Å². The Morgan fingerprint density at radius 2 is 2.07 bits per heavy atom. The summed E-state index contributed by atoms with van der Waals surface area (Å²) in [6.07, 6.45) is -1.86. The number of nitrogens with zero attached hydrogens (tertiary/aromatic N) is 2. The summed E-state index contributed by atoms with van der Waals surface area (Å²) in [5, 5.41) is 0. The van der Waals surface area contributed by atoms with E-state index in [-0.39, 0.29) is 5.82 Å². The molecule has 0 amide bonds. The highest BCUT2D eigenvalue weighted by molar-refractivity contribution is 5.01. The molecule has 3 nitrogen and oxygen atoms in total. The Morgan fingerprint density at radius 1 is 1.36 bits per heavy atom. The Kier molecular flexibility index (Phi) is 3.75. The molecule has 0 aliphatic rings. The Balaban J connectivity index is 2.64. The fraction of sp³-hybridized carbons (Fsp3) is 0.429. The smallest absolute Gasteiger partial charge is 0.315 e. The van der Waals surface area contributed by atoms with Crippen LogP contribution in [0.5, 0.6) is 0 Å². The Labute approximate surface area is 76.7 Å². The summed E-state index contributed by atoms with van der Waals surface area (Å²) < 4.78 is 51.0. The fourth-order valence-corrected chi connectivity index (χ4v) is 0.692. The molecule has 1 aromatic rings. The van der Waals surface area contributed by atoms with Crippen LogP contribution >= 0.6 is 0 Å². The number of aromatic nitrogens is 2. The molecule has 0 saturated heterocycles. The first-order chi connectivity index (χ1) is 6.59. The van der Waals surface area contributed by atoms with E-state index in [0.29, 0.717) is 0 Å². The second-order valence-electron chi connectivity index (χ2n) is 2.19. The van der Waals surface area contributed by atoms with E-state index in [4.69, 9.17) is 0 Å². The lowest BCUT2D eigenvalue weighted by Crippen LogP contribution is -2.05. The number of alkyl halides is 4. The zero-order valence-electron chi connectivity index (χ0n) is 6.75. The van der Waals surface area contributed by atoms with Crippen LogP contribution in [0.2, 0.25) is 0 Å². The minimum atomic E-state index is -2.97. The van der Waals surface area contributed by atoms with E-state index in [0.717, 1.165) is 6.20 Å². The molecule has 0 aliphatic carbocycles. The van der Waals surface area contributed by atoms with Gasteiger partial charge in [-0.3, -0.25) is 0 Å². The van der Waals surface area contributed by atoms with Crippen LogP contribution in [0, 0.1) is 6.07 Å². The number of ether oxygens (including phenoxy) is 1. The molecule has 0 saturated carbocycles. The van der Waals surface area contributed by atoms with E-state index in [9.17, 15) is 17.6 Å². The van der Waals surface area contributed by atoms with Crippen molar-refractivity contribution in [1.82, 2.24) is 9.97 Å². The molecule has 14 heavy (non-hydrogen) atoms. The van der Waals surface area contributed by atoms with Gasteiger partial charge in [0.15, 0.2) is 5.82 Å². The van der Waals surface area contributed by atoms with Crippen molar-refractivity contribution in [2.24, 2.45) is 0 Å². The number of hydrogen-bond acceptors (Lipinski definition) is 3. The molecule has 0 fully saturated rings. The highest BCUT2D eigenvalue weighted by atomic mass is 19.3. The fourth-order valence-electron chi connectivity index (χ4n) is 0.692. The van der Waals surface area contributed by atoms with Crippen molar-refractivity contribution in [3.63, 3.8) is 0 Å². The van der Waals surface area contributed by atoms with Crippen molar-refractivity contribution in [3.05, 3.63) is 23.8 Å². The average Bonchev–Trinajstić information content (AvgIpc) is 2.15. The molecular weight excluding hydrogens is 204 g/mol. The van der Waals surface area contributed by atoms with Gasteiger partial charge >= 0.3 is 6.61 Å². The molecule has 0 unspecified atom stereocenters. The van der Waals surface area contributed by atoms with Gasteiger partial charge in [0.05, 0.1) is 0 Å². The van der Waals surface area contributed by atoms with Gasteiger partial charge in [-0.15, -0.1) is 0 Å². The summed E-state index contributed by atoms with van der Waals surface area (Å²) in [4.78, 5) is 6.70. The molecule has 1 rings (SSSR count). The molecule has 7 heteroatoms. The summed E-state index contributed by atoms with van der Waals surface area (Å²) in [6.45, 7) is -3.58. The van der Waals surface area contributed by atoms with Crippen molar-refractivity contribution in [2.75, 3.05) is 0 Å². The Bertz CT molecular complexity index is 295. The highest BCUT2D eigenvalue weighted by Gasteiger charge is 2.11. The van der Waals surface area contributed by atoms with Crippen molar-refractivity contribution in [2.45, 2.75) is 19.6 Å². The molecule has 0 aromatic carbocycles. The van der Waals surface area contributed by atoms with Gasteiger partial charge in [0, 0.05) is 12.3 Å². The van der Waals surface area contributed by atoms with E-state index in [1.165, 1.54) is 0 Å². The molecule has 1 heterocycles. The molecule has 0 aliphatic heterocycles. The maximum absolute atomic E-state index is 12.0. The maximum atomic E-state index is 12.0. The topological polar surface area (TPSA) is 35.0 Å². The number of hydrogen-bond donors (Lipinski definition) is 0. The van der Waals surface area contributed by atoms with Gasteiger partial charge in [-0.2, -0.15) is 8.78 Å². The van der Waals surface area contributed by atoms with Gasteiger partial charge in [0.1, 0.15) is 12.3 Å². The van der Waals surface area contributed by atoms with E-state index in [1.54, 1.807) is 0 Å². The predicted octanol–water partition coefficient (Wildman–Crippen LogP) is 1.95. The van der Waals surface area contributed by atoms with Crippen LogP contribution in [0.4, 0.5) is 17.6 Å².